The Morgan fingerprint density at radius 1 is 1.43 bits per heavy atom. The van der Waals surface area contributed by atoms with Gasteiger partial charge < -0.3 is 10.5 Å². The fourth-order valence-electron chi connectivity index (χ4n) is 2.54. The van der Waals surface area contributed by atoms with Crippen LogP contribution in [0.4, 0.5) is 0 Å². The fraction of sp³-hybridized carbons (Fsp3) is 0.588. The van der Waals surface area contributed by atoms with Gasteiger partial charge >= 0.3 is 0 Å². The molecule has 0 saturated heterocycles. The van der Waals surface area contributed by atoms with Crippen LogP contribution in [-0.2, 0) is 6.54 Å². The molecule has 0 radical (unpaired) electrons. The summed E-state index contributed by atoms with van der Waals surface area (Å²) in [6.45, 7) is 6.53. The topological polar surface area (TPSA) is 62.3 Å². The molecule has 21 heavy (non-hydrogen) atoms. The summed E-state index contributed by atoms with van der Waals surface area (Å²) in [4.78, 5) is 2.54. The molecule has 1 saturated carbocycles. The minimum absolute atomic E-state index is 0.110. The van der Waals surface area contributed by atoms with Crippen LogP contribution in [0.2, 0.25) is 0 Å². The summed E-state index contributed by atoms with van der Waals surface area (Å²) in [7, 11) is 1.70. The van der Waals surface area contributed by atoms with Crippen LogP contribution in [0.5, 0.6) is 5.75 Å². The van der Waals surface area contributed by atoms with Gasteiger partial charge in [-0.05, 0) is 49.9 Å². The van der Waals surface area contributed by atoms with Gasteiger partial charge in [-0.25, -0.2) is 0 Å². The zero-order chi connectivity index (χ0) is 15.4. The molecule has 0 spiro atoms. The molecule has 0 aromatic heterocycles. The van der Waals surface area contributed by atoms with E-state index in [9.17, 15) is 0 Å². The second-order valence-electron chi connectivity index (χ2n) is 6.32. The smallest absolute Gasteiger partial charge is 0.123 e. The monoisotopic (exact) mass is 289 g/mol. The molecule has 4 heteroatoms. The predicted octanol–water partition coefficient (Wildman–Crippen LogP) is 2.99. The number of methoxy groups -OCH3 is 1. The van der Waals surface area contributed by atoms with Gasteiger partial charge in [0.15, 0.2) is 0 Å². The minimum atomic E-state index is 0.110. The molecule has 0 amide bonds. The van der Waals surface area contributed by atoms with E-state index in [0.29, 0.717) is 0 Å². The molecule has 1 aliphatic rings. The molecule has 0 bridgehead atoms. The zero-order valence-electron chi connectivity index (χ0n) is 13.4. The number of nitrogen functional groups attached to an aromatic ring is 1. The zero-order valence-corrected chi connectivity index (χ0v) is 13.4. The van der Waals surface area contributed by atoms with Crippen LogP contribution in [0.1, 0.15) is 44.2 Å². The van der Waals surface area contributed by atoms with E-state index in [1.165, 1.54) is 19.3 Å². The maximum atomic E-state index is 7.60. The second-order valence-corrected chi connectivity index (χ2v) is 6.32. The van der Waals surface area contributed by atoms with Gasteiger partial charge in [0.25, 0.3) is 0 Å². The molecule has 4 nitrogen and oxygen atoms in total. The van der Waals surface area contributed by atoms with Crippen LogP contribution >= 0.6 is 0 Å². The van der Waals surface area contributed by atoms with Crippen molar-refractivity contribution in [1.29, 1.82) is 5.41 Å². The summed E-state index contributed by atoms with van der Waals surface area (Å²) in [5.74, 6) is 1.71. The van der Waals surface area contributed by atoms with Crippen molar-refractivity contribution in [1.82, 2.24) is 4.90 Å². The maximum absolute atomic E-state index is 7.60. The number of nitrogens with zero attached hydrogens (tertiary/aromatic N) is 1. The Kier molecular flexibility index (Phi) is 5.23. The van der Waals surface area contributed by atoms with Crippen molar-refractivity contribution >= 4 is 5.84 Å². The predicted molar refractivity (Wildman–Crippen MR) is 86.9 cm³/mol. The number of amidine groups is 1. The van der Waals surface area contributed by atoms with Gasteiger partial charge in [-0.1, -0.05) is 13.8 Å². The summed E-state index contributed by atoms with van der Waals surface area (Å²) in [5.41, 5.74) is 7.50. The SMILES string of the molecule is COc1ccc(C(=N)N)cc1CN(CCC(C)C)C1CC1. The molecule has 0 heterocycles. The van der Waals surface area contributed by atoms with E-state index in [2.05, 4.69) is 18.7 Å². The molecule has 1 aromatic carbocycles. The van der Waals surface area contributed by atoms with Crippen molar-refractivity contribution in [2.24, 2.45) is 11.7 Å². The third-order valence-corrected chi connectivity index (χ3v) is 4.02. The van der Waals surface area contributed by atoms with Crippen LogP contribution < -0.4 is 10.5 Å². The molecule has 2 rings (SSSR count). The van der Waals surface area contributed by atoms with Crippen molar-refractivity contribution in [3.63, 3.8) is 0 Å². The van der Waals surface area contributed by atoms with Crippen molar-refractivity contribution in [3.05, 3.63) is 29.3 Å². The van der Waals surface area contributed by atoms with E-state index in [-0.39, 0.29) is 5.84 Å². The molecule has 0 unspecified atom stereocenters. The van der Waals surface area contributed by atoms with E-state index in [4.69, 9.17) is 15.9 Å². The van der Waals surface area contributed by atoms with Gasteiger partial charge in [0.05, 0.1) is 7.11 Å². The molecule has 116 valence electrons. The Morgan fingerprint density at radius 3 is 2.67 bits per heavy atom. The average Bonchev–Trinajstić information content (AvgIpc) is 3.27. The summed E-state index contributed by atoms with van der Waals surface area (Å²) < 4.78 is 5.47. The van der Waals surface area contributed by atoms with Gasteiger partial charge in [-0.2, -0.15) is 0 Å². The summed E-state index contributed by atoms with van der Waals surface area (Å²) in [5, 5.41) is 7.60. The Morgan fingerprint density at radius 2 is 2.14 bits per heavy atom. The fourth-order valence-corrected chi connectivity index (χ4v) is 2.54. The summed E-state index contributed by atoms with van der Waals surface area (Å²) >= 11 is 0. The molecule has 1 aromatic rings. The number of rotatable bonds is 8. The van der Waals surface area contributed by atoms with Crippen molar-refractivity contribution in [2.45, 2.75) is 45.7 Å². The highest BCUT2D eigenvalue weighted by molar-refractivity contribution is 5.95. The largest absolute Gasteiger partial charge is 0.496 e. The van der Waals surface area contributed by atoms with Crippen molar-refractivity contribution in [3.8, 4) is 5.75 Å². The standard InChI is InChI=1S/C17H27N3O/c1-12(2)8-9-20(15-5-6-15)11-14-10-13(17(18)19)4-7-16(14)21-3/h4,7,10,12,15H,5-6,8-9,11H2,1-3H3,(H3,18,19). The lowest BCUT2D eigenvalue weighted by Crippen LogP contribution is -2.28. The first-order valence-corrected chi connectivity index (χ1v) is 7.76. The number of ether oxygens (including phenoxy) is 1. The summed E-state index contributed by atoms with van der Waals surface area (Å²) in [6.07, 6.45) is 3.81. The molecule has 1 aliphatic carbocycles. The highest BCUT2D eigenvalue weighted by Gasteiger charge is 2.29. The highest BCUT2D eigenvalue weighted by Crippen LogP contribution is 2.31. The minimum Gasteiger partial charge on any atom is -0.496 e. The van der Waals surface area contributed by atoms with Crippen LogP contribution in [0, 0.1) is 11.3 Å². The first kappa shape index (κ1) is 15.8. The van der Waals surface area contributed by atoms with Crippen molar-refractivity contribution < 1.29 is 4.74 Å². The van der Waals surface area contributed by atoms with E-state index < -0.39 is 0 Å². The second kappa shape index (κ2) is 6.94. The van der Waals surface area contributed by atoms with E-state index >= 15 is 0 Å². The highest BCUT2D eigenvalue weighted by atomic mass is 16.5. The lowest BCUT2D eigenvalue weighted by molar-refractivity contribution is 0.236. The molecular weight excluding hydrogens is 262 g/mol. The Bertz CT molecular complexity index is 495. The Balaban J connectivity index is 2.14. The third-order valence-electron chi connectivity index (χ3n) is 4.02. The van der Waals surface area contributed by atoms with Crippen LogP contribution in [0.15, 0.2) is 18.2 Å². The van der Waals surface area contributed by atoms with Gasteiger partial charge in [0.2, 0.25) is 0 Å². The van der Waals surface area contributed by atoms with Gasteiger partial charge in [0, 0.05) is 23.7 Å². The van der Waals surface area contributed by atoms with E-state index in [1.54, 1.807) is 7.11 Å². The first-order valence-electron chi connectivity index (χ1n) is 7.76. The number of hydrogen-bond donors (Lipinski definition) is 2. The first-order chi connectivity index (χ1) is 10.0. The number of nitrogens with two attached hydrogens (primary N) is 1. The van der Waals surface area contributed by atoms with Gasteiger partial charge in [0.1, 0.15) is 11.6 Å². The summed E-state index contributed by atoms with van der Waals surface area (Å²) in [6, 6.07) is 6.47. The van der Waals surface area contributed by atoms with Crippen molar-refractivity contribution in [2.75, 3.05) is 13.7 Å². The number of benzene rings is 1. The lowest BCUT2D eigenvalue weighted by atomic mass is 10.1. The van der Waals surface area contributed by atoms with Gasteiger partial charge in [-0.15, -0.1) is 0 Å². The van der Waals surface area contributed by atoms with E-state index in [0.717, 1.165) is 41.9 Å². The molecule has 1 fully saturated rings. The molecule has 0 atom stereocenters. The van der Waals surface area contributed by atoms with E-state index in [1.807, 2.05) is 18.2 Å². The van der Waals surface area contributed by atoms with Gasteiger partial charge in [-0.3, -0.25) is 10.3 Å². The average molecular weight is 289 g/mol. The molecule has 3 N–H and O–H groups in total. The molecular formula is C17H27N3O. The number of nitrogens with one attached hydrogen (secondary N) is 1. The third kappa shape index (κ3) is 4.46. The van der Waals surface area contributed by atoms with Crippen LogP contribution in [-0.4, -0.2) is 30.4 Å². The Hall–Kier alpha value is -1.55. The normalized spacial score (nSPS) is 14.7. The van der Waals surface area contributed by atoms with Crippen LogP contribution in [0.3, 0.4) is 0 Å². The number of hydrogen-bond acceptors (Lipinski definition) is 3. The lowest BCUT2D eigenvalue weighted by Gasteiger charge is -2.24. The molecule has 0 aliphatic heterocycles. The maximum Gasteiger partial charge on any atom is 0.123 e. The van der Waals surface area contributed by atoms with Crippen LogP contribution in [0.25, 0.3) is 0 Å². The quantitative estimate of drug-likeness (QED) is 0.571. The Labute approximate surface area is 127 Å².